The van der Waals surface area contributed by atoms with Gasteiger partial charge in [0.25, 0.3) is 0 Å². The molecule has 0 saturated heterocycles. The number of rotatable bonds is 3. The monoisotopic (exact) mass is 168 g/mol. The molecule has 3 heteroatoms. The minimum absolute atomic E-state index is 0.420. The maximum atomic E-state index is 4.35. The van der Waals surface area contributed by atoms with E-state index >= 15 is 0 Å². The molecule has 0 unspecified atom stereocenters. The van der Waals surface area contributed by atoms with Crippen LogP contribution in [0.4, 0.5) is 0 Å². The van der Waals surface area contributed by atoms with Crippen LogP contribution in [0.2, 0.25) is 0 Å². The molecule has 1 aliphatic carbocycles. The minimum atomic E-state index is 0.420. The fourth-order valence-electron chi connectivity index (χ4n) is 1.44. The van der Waals surface area contributed by atoms with Crippen LogP contribution in [-0.4, -0.2) is 18.6 Å². The summed E-state index contributed by atoms with van der Waals surface area (Å²) in [6.45, 7) is 1.08. The number of likely N-dealkylation sites (N-methyl/N-ethyl adjacent to an activating group) is 1. The van der Waals surface area contributed by atoms with Crippen molar-refractivity contribution >= 4 is 11.3 Å². The summed E-state index contributed by atoms with van der Waals surface area (Å²) in [7, 11) is 2.01. The highest BCUT2D eigenvalue weighted by Crippen LogP contribution is 2.48. The molecule has 0 aromatic carbocycles. The summed E-state index contributed by atoms with van der Waals surface area (Å²) in [6, 6.07) is 0. The molecule has 0 atom stereocenters. The quantitative estimate of drug-likeness (QED) is 0.738. The van der Waals surface area contributed by atoms with Crippen molar-refractivity contribution in [1.82, 2.24) is 10.3 Å². The molecule has 11 heavy (non-hydrogen) atoms. The number of hydrogen-bond donors (Lipinski definition) is 1. The Morgan fingerprint density at radius 2 is 2.55 bits per heavy atom. The molecule has 60 valence electrons. The van der Waals surface area contributed by atoms with Gasteiger partial charge in [-0.1, -0.05) is 0 Å². The second-order valence-electron chi connectivity index (χ2n) is 3.15. The van der Waals surface area contributed by atoms with Crippen molar-refractivity contribution in [2.24, 2.45) is 0 Å². The number of thiazole rings is 1. The van der Waals surface area contributed by atoms with Crippen molar-refractivity contribution in [2.75, 3.05) is 13.6 Å². The Kier molecular flexibility index (Phi) is 1.69. The second kappa shape index (κ2) is 2.57. The van der Waals surface area contributed by atoms with Crippen LogP contribution >= 0.6 is 11.3 Å². The predicted molar refractivity (Wildman–Crippen MR) is 47.0 cm³/mol. The molecule has 0 aliphatic heterocycles. The highest BCUT2D eigenvalue weighted by atomic mass is 32.1. The van der Waals surface area contributed by atoms with Crippen molar-refractivity contribution in [1.29, 1.82) is 0 Å². The lowest BCUT2D eigenvalue weighted by Gasteiger charge is -2.09. The zero-order chi connectivity index (χ0) is 7.73. The van der Waals surface area contributed by atoms with Crippen LogP contribution in [0.5, 0.6) is 0 Å². The van der Waals surface area contributed by atoms with Gasteiger partial charge in [0.1, 0.15) is 0 Å². The number of nitrogens with zero attached hydrogens (tertiary/aromatic N) is 1. The highest BCUT2D eigenvalue weighted by molar-refractivity contribution is 7.09. The summed E-state index contributed by atoms with van der Waals surface area (Å²) in [6.07, 6.45) is 4.51. The van der Waals surface area contributed by atoms with Gasteiger partial charge in [-0.25, -0.2) is 4.98 Å². The number of hydrogen-bond acceptors (Lipinski definition) is 3. The molecule has 1 saturated carbocycles. The summed E-state index contributed by atoms with van der Waals surface area (Å²) in [4.78, 5) is 4.35. The third kappa shape index (κ3) is 1.19. The molecular weight excluding hydrogens is 156 g/mol. The van der Waals surface area contributed by atoms with Gasteiger partial charge in [0.2, 0.25) is 0 Å². The maximum Gasteiger partial charge on any atom is 0.0999 e. The Bertz CT molecular complexity index is 226. The normalized spacial score (nSPS) is 20.1. The zero-order valence-electron chi connectivity index (χ0n) is 6.63. The van der Waals surface area contributed by atoms with Crippen LogP contribution < -0.4 is 5.32 Å². The van der Waals surface area contributed by atoms with Gasteiger partial charge in [0.15, 0.2) is 0 Å². The molecule has 0 amide bonds. The Morgan fingerprint density at radius 1 is 1.73 bits per heavy atom. The fourth-order valence-corrected chi connectivity index (χ4v) is 2.34. The van der Waals surface area contributed by atoms with E-state index in [2.05, 4.69) is 15.7 Å². The molecule has 2 nitrogen and oxygen atoms in total. The molecule has 1 N–H and O–H groups in total. The van der Waals surface area contributed by atoms with Gasteiger partial charge in [-0.05, 0) is 19.9 Å². The van der Waals surface area contributed by atoms with Crippen LogP contribution in [-0.2, 0) is 5.41 Å². The van der Waals surface area contributed by atoms with Crippen molar-refractivity contribution in [3.8, 4) is 0 Å². The standard InChI is InChI=1S/C8H12N2S/c1-9-6-8(2-3-8)7-10-4-5-11-7/h4-5,9H,2-3,6H2,1H3. The Balaban J connectivity index is 2.15. The Hall–Kier alpha value is -0.410. The third-order valence-electron chi connectivity index (χ3n) is 2.25. The van der Waals surface area contributed by atoms with E-state index in [4.69, 9.17) is 0 Å². The van der Waals surface area contributed by atoms with E-state index in [-0.39, 0.29) is 0 Å². The van der Waals surface area contributed by atoms with E-state index in [0.717, 1.165) is 6.54 Å². The highest BCUT2D eigenvalue weighted by Gasteiger charge is 2.45. The van der Waals surface area contributed by atoms with Gasteiger partial charge in [-0.2, -0.15) is 0 Å². The number of nitrogens with one attached hydrogen (secondary N) is 1. The zero-order valence-corrected chi connectivity index (χ0v) is 7.45. The average Bonchev–Trinajstić information content (AvgIpc) is 2.63. The predicted octanol–water partition coefficient (Wildman–Crippen LogP) is 1.39. The van der Waals surface area contributed by atoms with Crippen LogP contribution in [0.15, 0.2) is 11.6 Å². The second-order valence-corrected chi connectivity index (χ2v) is 4.04. The lowest BCUT2D eigenvalue weighted by Crippen LogP contribution is -2.23. The van der Waals surface area contributed by atoms with Gasteiger partial charge in [0.05, 0.1) is 5.01 Å². The van der Waals surface area contributed by atoms with Crippen molar-refractivity contribution in [3.05, 3.63) is 16.6 Å². The van der Waals surface area contributed by atoms with Gasteiger partial charge < -0.3 is 5.32 Å². The van der Waals surface area contributed by atoms with Crippen LogP contribution in [0.3, 0.4) is 0 Å². The van der Waals surface area contributed by atoms with Crippen molar-refractivity contribution in [2.45, 2.75) is 18.3 Å². The Morgan fingerprint density at radius 3 is 3.00 bits per heavy atom. The first kappa shape index (κ1) is 7.25. The average molecular weight is 168 g/mol. The molecule has 1 fully saturated rings. The van der Waals surface area contributed by atoms with Gasteiger partial charge in [-0.3, -0.25) is 0 Å². The molecule has 1 aliphatic rings. The number of aromatic nitrogens is 1. The van der Waals surface area contributed by atoms with Crippen molar-refractivity contribution in [3.63, 3.8) is 0 Å². The van der Waals surface area contributed by atoms with Crippen molar-refractivity contribution < 1.29 is 0 Å². The van der Waals surface area contributed by atoms with E-state index in [1.165, 1.54) is 17.8 Å². The van der Waals surface area contributed by atoms with Crippen LogP contribution in [0.1, 0.15) is 17.8 Å². The first-order chi connectivity index (χ1) is 5.37. The lowest BCUT2D eigenvalue weighted by atomic mass is 10.1. The third-order valence-corrected chi connectivity index (χ3v) is 3.27. The van der Waals surface area contributed by atoms with Crippen LogP contribution in [0.25, 0.3) is 0 Å². The summed E-state index contributed by atoms with van der Waals surface area (Å²) in [5, 5.41) is 6.60. The fraction of sp³-hybridized carbons (Fsp3) is 0.625. The van der Waals surface area contributed by atoms with Crippen LogP contribution in [0, 0.1) is 0 Å². The van der Waals surface area contributed by atoms with E-state index in [1.807, 2.05) is 13.2 Å². The molecule has 0 bridgehead atoms. The first-order valence-corrected chi connectivity index (χ1v) is 4.80. The largest absolute Gasteiger partial charge is 0.319 e. The summed E-state index contributed by atoms with van der Waals surface area (Å²) in [5.41, 5.74) is 0.420. The van der Waals surface area contributed by atoms with E-state index in [1.54, 1.807) is 11.3 Å². The maximum absolute atomic E-state index is 4.35. The summed E-state index contributed by atoms with van der Waals surface area (Å²) < 4.78 is 0. The molecule has 2 rings (SSSR count). The molecule has 1 heterocycles. The van der Waals surface area contributed by atoms with Gasteiger partial charge in [0, 0.05) is 23.5 Å². The van der Waals surface area contributed by atoms with E-state index in [9.17, 15) is 0 Å². The summed E-state index contributed by atoms with van der Waals surface area (Å²) >= 11 is 1.78. The van der Waals surface area contributed by atoms with E-state index < -0.39 is 0 Å². The topological polar surface area (TPSA) is 24.9 Å². The van der Waals surface area contributed by atoms with Gasteiger partial charge in [-0.15, -0.1) is 11.3 Å². The SMILES string of the molecule is CNCC1(c2nccs2)CC1. The molecule has 1 aromatic rings. The molecule has 0 spiro atoms. The lowest BCUT2D eigenvalue weighted by molar-refractivity contribution is 0.620. The minimum Gasteiger partial charge on any atom is -0.319 e. The molecule has 0 radical (unpaired) electrons. The molecule has 1 aromatic heterocycles. The van der Waals surface area contributed by atoms with Gasteiger partial charge >= 0.3 is 0 Å². The summed E-state index contributed by atoms with van der Waals surface area (Å²) in [5.74, 6) is 0. The smallest absolute Gasteiger partial charge is 0.0999 e. The Labute approximate surface area is 70.7 Å². The molecular formula is C8H12N2S. The van der Waals surface area contributed by atoms with E-state index in [0.29, 0.717) is 5.41 Å². The first-order valence-electron chi connectivity index (χ1n) is 3.92.